The first kappa shape index (κ1) is 20.4. The summed E-state index contributed by atoms with van der Waals surface area (Å²) < 4.78 is 7.22. The Morgan fingerprint density at radius 1 is 1.00 bits per heavy atom. The molecule has 0 amide bonds. The second kappa shape index (κ2) is 9.22. The lowest BCUT2D eigenvalue weighted by molar-refractivity contribution is 0.331. The number of ether oxygens (including phenoxy) is 1. The van der Waals surface area contributed by atoms with Gasteiger partial charge in [-0.05, 0) is 68.8 Å². The minimum Gasteiger partial charge on any atom is -0.497 e. The minimum atomic E-state index is 0. The lowest BCUT2D eigenvalue weighted by Gasteiger charge is -2.15. The lowest BCUT2D eigenvalue weighted by atomic mass is 10.1. The molecule has 3 aromatic rings. The SMILES string of the molecule is CCn1nc(-c2ccc(OC)cc2)nc1-c1cccc(CN2CCCC2)c1.Cl. The van der Waals surface area contributed by atoms with Crippen LogP contribution in [0.5, 0.6) is 5.75 Å². The van der Waals surface area contributed by atoms with Crippen LogP contribution < -0.4 is 4.74 Å². The van der Waals surface area contributed by atoms with E-state index in [1.807, 2.05) is 28.9 Å². The molecule has 1 aliphatic heterocycles. The van der Waals surface area contributed by atoms with Gasteiger partial charge in [0.25, 0.3) is 0 Å². The van der Waals surface area contributed by atoms with Gasteiger partial charge in [0.1, 0.15) is 5.75 Å². The van der Waals surface area contributed by atoms with Crippen molar-refractivity contribution < 1.29 is 4.74 Å². The number of halogens is 1. The number of nitrogens with zero attached hydrogens (tertiary/aromatic N) is 4. The Kier molecular flexibility index (Phi) is 6.70. The van der Waals surface area contributed by atoms with Crippen molar-refractivity contribution in [2.75, 3.05) is 20.2 Å². The molecular formula is C22H27ClN4O. The molecule has 0 spiro atoms. The average molecular weight is 399 g/mol. The summed E-state index contributed by atoms with van der Waals surface area (Å²) in [5.74, 6) is 2.51. The third-order valence-corrected chi connectivity index (χ3v) is 5.11. The zero-order valence-electron chi connectivity index (χ0n) is 16.5. The molecule has 0 aliphatic carbocycles. The van der Waals surface area contributed by atoms with Gasteiger partial charge >= 0.3 is 0 Å². The van der Waals surface area contributed by atoms with Crippen LogP contribution in [-0.4, -0.2) is 39.9 Å². The highest BCUT2D eigenvalue weighted by Crippen LogP contribution is 2.25. The molecule has 0 atom stereocenters. The highest BCUT2D eigenvalue weighted by molar-refractivity contribution is 5.85. The van der Waals surface area contributed by atoms with Gasteiger partial charge in [-0.1, -0.05) is 18.2 Å². The van der Waals surface area contributed by atoms with Gasteiger partial charge in [0, 0.05) is 24.2 Å². The van der Waals surface area contributed by atoms with Crippen LogP contribution in [0.4, 0.5) is 0 Å². The standard InChI is InChI=1S/C22H26N4O.ClH/c1-3-26-22(23-21(24-26)18-9-11-20(27-2)12-10-18)19-8-6-7-17(15-19)16-25-13-4-5-14-25;/h6-12,15H,3-5,13-14,16H2,1-2H3;1H. The van der Waals surface area contributed by atoms with Crippen molar-refractivity contribution in [1.82, 2.24) is 19.7 Å². The largest absolute Gasteiger partial charge is 0.497 e. The second-order valence-corrected chi connectivity index (χ2v) is 6.99. The van der Waals surface area contributed by atoms with E-state index >= 15 is 0 Å². The molecule has 0 saturated carbocycles. The first-order valence-electron chi connectivity index (χ1n) is 9.68. The van der Waals surface area contributed by atoms with Gasteiger partial charge in [0.15, 0.2) is 11.6 Å². The van der Waals surface area contributed by atoms with Crippen LogP contribution in [0.15, 0.2) is 48.5 Å². The van der Waals surface area contributed by atoms with Crippen molar-refractivity contribution in [3.63, 3.8) is 0 Å². The molecule has 28 heavy (non-hydrogen) atoms. The number of benzene rings is 2. The molecule has 0 unspecified atom stereocenters. The van der Waals surface area contributed by atoms with E-state index < -0.39 is 0 Å². The van der Waals surface area contributed by atoms with Crippen molar-refractivity contribution >= 4 is 12.4 Å². The summed E-state index contributed by atoms with van der Waals surface area (Å²) in [4.78, 5) is 7.37. The highest BCUT2D eigenvalue weighted by atomic mass is 35.5. The van der Waals surface area contributed by atoms with Crippen LogP contribution in [0.3, 0.4) is 0 Å². The molecule has 0 N–H and O–H groups in total. The van der Waals surface area contributed by atoms with Crippen molar-refractivity contribution in [1.29, 1.82) is 0 Å². The number of aromatic nitrogens is 3. The van der Waals surface area contributed by atoms with Crippen LogP contribution in [-0.2, 0) is 13.1 Å². The molecule has 1 saturated heterocycles. The molecule has 6 heteroatoms. The maximum atomic E-state index is 5.24. The van der Waals surface area contributed by atoms with Crippen molar-refractivity contribution in [3.05, 3.63) is 54.1 Å². The summed E-state index contributed by atoms with van der Waals surface area (Å²) in [6.45, 7) is 6.31. The summed E-state index contributed by atoms with van der Waals surface area (Å²) in [5, 5.41) is 4.72. The van der Waals surface area contributed by atoms with Gasteiger partial charge in [0.2, 0.25) is 0 Å². The van der Waals surface area contributed by atoms with Gasteiger partial charge in [0.05, 0.1) is 7.11 Å². The number of aryl methyl sites for hydroxylation is 1. The first-order valence-corrected chi connectivity index (χ1v) is 9.68. The zero-order chi connectivity index (χ0) is 18.6. The molecule has 2 heterocycles. The molecule has 1 fully saturated rings. The van der Waals surface area contributed by atoms with Gasteiger partial charge in [-0.3, -0.25) is 4.90 Å². The monoisotopic (exact) mass is 398 g/mol. The van der Waals surface area contributed by atoms with Gasteiger partial charge in [-0.15, -0.1) is 12.4 Å². The smallest absolute Gasteiger partial charge is 0.181 e. The molecule has 4 rings (SSSR count). The second-order valence-electron chi connectivity index (χ2n) is 6.99. The van der Waals surface area contributed by atoms with Crippen LogP contribution in [0.2, 0.25) is 0 Å². The highest BCUT2D eigenvalue weighted by Gasteiger charge is 2.15. The number of likely N-dealkylation sites (tertiary alicyclic amines) is 1. The molecule has 0 bridgehead atoms. The quantitative estimate of drug-likeness (QED) is 0.605. The Labute approximate surface area is 172 Å². The van der Waals surface area contributed by atoms with Gasteiger partial charge in [-0.25, -0.2) is 9.67 Å². The third kappa shape index (κ3) is 4.37. The van der Waals surface area contributed by atoms with E-state index in [9.17, 15) is 0 Å². The summed E-state index contributed by atoms with van der Waals surface area (Å²) in [6, 6.07) is 16.6. The molecule has 0 radical (unpaired) electrons. The number of rotatable bonds is 6. The van der Waals surface area contributed by atoms with Crippen LogP contribution in [0.1, 0.15) is 25.3 Å². The fourth-order valence-electron chi connectivity index (χ4n) is 3.65. The molecule has 2 aromatic carbocycles. The maximum Gasteiger partial charge on any atom is 0.181 e. The molecule has 1 aromatic heterocycles. The Hall–Kier alpha value is -2.37. The topological polar surface area (TPSA) is 43.2 Å². The van der Waals surface area contributed by atoms with E-state index in [4.69, 9.17) is 14.8 Å². The summed E-state index contributed by atoms with van der Waals surface area (Å²) in [6.07, 6.45) is 2.63. The van der Waals surface area contributed by atoms with Crippen LogP contribution in [0.25, 0.3) is 22.8 Å². The minimum absolute atomic E-state index is 0. The number of hydrogen-bond acceptors (Lipinski definition) is 4. The average Bonchev–Trinajstić information content (AvgIpc) is 3.38. The Balaban J connectivity index is 0.00000225. The van der Waals surface area contributed by atoms with Crippen molar-refractivity contribution in [3.8, 4) is 28.5 Å². The summed E-state index contributed by atoms with van der Waals surface area (Å²) in [7, 11) is 1.67. The Morgan fingerprint density at radius 2 is 1.75 bits per heavy atom. The van der Waals surface area contributed by atoms with Gasteiger partial charge < -0.3 is 4.74 Å². The molecule has 1 aliphatic rings. The molecule has 148 valence electrons. The summed E-state index contributed by atoms with van der Waals surface area (Å²) in [5.41, 5.74) is 3.46. The Bertz CT molecular complexity index is 901. The van der Waals surface area contributed by atoms with Gasteiger partial charge in [-0.2, -0.15) is 5.10 Å². The fourth-order valence-corrected chi connectivity index (χ4v) is 3.65. The molecule has 5 nitrogen and oxygen atoms in total. The van der Waals surface area contributed by atoms with Crippen LogP contribution in [0, 0.1) is 0 Å². The van der Waals surface area contributed by atoms with Crippen molar-refractivity contribution in [2.45, 2.75) is 32.9 Å². The van der Waals surface area contributed by atoms with E-state index in [2.05, 4.69) is 36.1 Å². The van der Waals surface area contributed by atoms with Crippen molar-refractivity contribution in [2.24, 2.45) is 0 Å². The number of methoxy groups -OCH3 is 1. The Morgan fingerprint density at radius 3 is 2.43 bits per heavy atom. The first-order chi connectivity index (χ1) is 13.3. The maximum absolute atomic E-state index is 5.24. The fraction of sp³-hybridized carbons (Fsp3) is 0.364. The molecular weight excluding hydrogens is 372 g/mol. The summed E-state index contributed by atoms with van der Waals surface area (Å²) >= 11 is 0. The third-order valence-electron chi connectivity index (χ3n) is 5.11. The predicted octanol–water partition coefficient (Wildman–Crippen LogP) is 4.66. The predicted molar refractivity (Wildman–Crippen MR) is 115 cm³/mol. The van der Waals surface area contributed by atoms with E-state index in [0.717, 1.165) is 41.6 Å². The normalized spacial score (nSPS) is 14.1. The lowest BCUT2D eigenvalue weighted by Crippen LogP contribution is -2.18. The van der Waals surface area contributed by atoms with E-state index in [1.165, 1.54) is 31.5 Å². The zero-order valence-corrected chi connectivity index (χ0v) is 17.3. The number of hydrogen-bond donors (Lipinski definition) is 0. The van der Waals surface area contributed by atoms with E-state index in [1.54, 1.807) is 7.11 Å². The van der Waals surface area contributed by atoms with Crippen LogP contribution >= 0.6 is 12.4 Å². The van der Waals surface area contributed by atoms with E-state index in [-0.39, 0.29) is 12.4 Å². The van der Waals surface area contributed by atoms with E-state index in [0.29, 0.717) is 0 Å².